The molecule has 1 aromatic carbocycles. The van der Waals surface area contributed by atoms with Gasteiger partial charge in [0.2, 0.25) is 0 Å². The van der Waals surface area contributed by atoms with Gasteiger partial charge in [-0.2, -0.15) is 5.26 Å². The van der Waals surface area contributed by atoms with E-state index in [1.807, 2.05) is 20.8 Å². The van der Waals surface area contributed by atoms with Crippen LogP contribution in [0.3, 0.4) is 0 Å². The first-order chi connectivity index (χ1) is 13.1. The van der Waals surface area contributed by atoms with Crippen molar-refractivity contribution in [3.05, 3.63) is 52.2 Å². The topological polar surface area (TPSA) is 73.1 Å². The van der Waals surface area contributed by atoms with Crippen LogP contribution in [-0.2, 0) is 13.1 Å². The van der Waals surface area contributed by atoms with E-state index >= 15 is 0 Å². The summed E-state index contributed by atoms with van der Waals surface area (Å²) in [5.74, 6) is 0.761. The van der Waals surface area contributed by atoms with E-state index in [1.165, 1.54) is 12.1 Å². The molecular weight excluding hydrogens is 345 g/mol. The Balaban J connectivity index is 0.00000102. The van der Waals surface area contributed by atoms with E-state index in [1.54, 1.807) is 11.0 Å². The SMILES string of the molecule is CC.Cc1nc2c(c(N3CCC3)n1)CN(C(=O)c1ccc(F)c(C#N)c1)C2. The monoisotopic (exact) mass is 367 g/mol. The average molecular weight is 367 g/mol. The zero-order chi connectivity index (χ0) is 19.6. The summed E-state index contributed by atoms with van der Waals surface area (Å²) in [7, 11) is 0. The van der Waals surface area contributed by atoms with Crippen LogP contribution in [0.1, 0.15) is 53.3 Å². The summed E-state index contributed by atoms with van der Waals surface area (Å²) < 4.78 is 13.5. The molecule has 0 spiro atoms. The molecule has 1 aromatic heterocycles. The average Bonchev–Trinajstić information content (AvgIpc) is 3.06. The lowest BCUT2D eigenvalue weighted by Crippen LogP contribution is -2.38. The molecule has 7 heteroatoms. The summed E-state index contributed by atoms with van der Waals surface area (Å²) in [5.41, 5.74) is 2.03. The normalized spacial score (nSPS) is 14.6. The summed E-state index contributed by atoms with van der Waals surface area (Å²) in [4.78, 5) is 25.7. The van der Waals surface area contributed by atoms with Crippen molar-refractivity contribution in [2.75, 3.05) is 18.0 Å². The number of nitriles is 1. The Morgan fingerprint density at radius 1 is 1.22 bits per heavy atom. The minimum absolute atomic E-state index is 0.125. The maximum atomic E-state index is 13.5. The number of carbonyl (C=O) groups is 1. The fraction of sp³-hybridized carbons (Fsp3) is 0.400. The van der Waals surface area contributed by atoms with Crippen LogP contribution < -0.4 is 4.90 Å². The van der Waals surface area contributed by atoms with Gasteiger partial charge < -0.3 is 9.80 Å². The number of amides is 1. The predicted molar refractivity (Wildman–Crippen MR) is 99.6 cm³/mol. The number of halogens is 1. The first-order valence-electron chi connectivity index (χ1n) is 9.17. The minimum Gasteiger partial charge on any atom is -0.356 e. The van der Waals surface area contributed by atoms with Gasteiger partial charge in [0.25, 0.3) is 5.91 Å². The molecule has 0 radical (unpaired) electrons. The van der Waals surface area contributed by atoms with Crippen LogP contribution in [0.15, 0.2) is 18.2 Å². The Morgan fingerprint density at radius 2 is 1.96 bits per heavy atom. The number of nitrogens with zero attached hydrogens (tertiary/aromatic N) is 5. The van der Waals surface area contributed by atoms with E-state index in [-0.39, 0.29) is 11.5 Å². The van der Waals surface area contributed by atoms with E-state index in [2.05, 4.69) is 14.9 Å². The highest BCUT2D eigenvalue weighted by Crippen LogP contribution is 2.32. The highest BCUT2D eigenvalue weighted by molar-refractivity contribution is 5.95. The molecule has 1 amide bonds. The largest absolute Gasteiger partial charge is 0.356 e. The third kappa shape index (κ3) is 3.47. The Labute approximate surface area is 158 Å². The second-order valence-corrected chi connectivity index (χ2v) is 6.33. The standard InChI is InChI=1S/C18H16FN5O.C2H6/c1-11-21-16-10-24(9-14(16)17(22-11)23-5-2-6-23)18(25)12-3-4-15(19)13(7-12)8-20;1-2/h3-4,7H,2,5-6,9-10H2,1H3;1-2H3. The number of aromatic nitrogens is 2. The van der Waals surface area contributed by atoms with E-state index < -0.39 is 5.82 Å². The third-order valence-electron chi connectivity index (χ3n) is 4.65. The number of carbonyl (C=O) groups excluding carboxylic acids is 1. The first-order valence-corrected chi connectivity index (χ1v) is 9.17. The number of hydrogen-bond donors (Lipinski definition) is 0. The van der Waals surface area contributed by atoms with Gasteiger partial charge in [-0.25, -0.2) is 14.4 Å². The van der Waals surface area contributed by atoms with Gasteiger partial charge in [-0.05, 0) is 31.5 Å². The molecule has 1 saturated heterocycles. The number of anilines is 1. The Morgan fingerprint density at radius 3 is 2.59 bits per heavy atom. The number of hydrogen-bond acceptors (Lipinski definition) is 5. The predicted octanol–water partition coefficient (Wildman–Crippen LogP) is 3.19. The van der Waals surface area contributed by atoms with Gasteiger partial charge in [0.15, 0.2) is 0 Å². The number of rotatable bonds is 2. The summed E-state index contributed by atoms with van der Waals surface area (Å²) in [5, 5.41) is 8.95. The van der Waals surface area contributed by atoms with Crippen LogP contribution in [0.5, 0.6) is 0 Å². The lowest BCUT2D eigenvalue weighted by atomic mass is 10.1. The molecule has 0 unspecified atom stereocenters. The first kappa shape index (κ1) is 18.8. The fourth-order valence-electron chi connectivity index (χ4n) is 3.22. The Kier molecular flexibility index (Phi) is 5.36. The van der Waals surface area contributed by atoms with Gasteiger partial charge in [-0.3, -0.25) is 4.79 Å². The van der Waals surface area contributed by atoms with Crippen LogP contribution in [0.25, 0.3) is 0 Å². The lowest BCUT2D eigenvalue weighted by Gasteiger charge is -2.33. The van der Waals surface area contributed by atoms with Crippen LogP contribution in [0.4, 0.5) is 10.2 Å². The number of benzene rings is 1. The molecular formula is C20H22FN5O. The maximum absolute atomic E-state index is 13.5. The maximum Gasteiger partial charge on any atom is 0.254 e. The van der Waals surface area contributed by atoms with Crippen molar-refractivity contribution in [3.63, 3.8) is 0 Å². The highest BCUT2D eigenvalue weighted by Gasteiger charge is 2.31. The van der Waals surface area contributed by atoms with E-state index in [4.69, 9.17) is 5.26 Å². The van der Waals surface area contributed by atoms with Gasteiger partial charge in [0, 0.05) is 24.2 Å². The quantitative estimate of drug-likeness (QED) is 0.815. The molecule has 4 rings (SSSR count). The van der Waals surface area contributed by atoms with Gasteiger partial charge in [0.1, 0.15) is 23.5 Å². The second-order valence-electron chi connectivity index (χ2n) is 6.33. The summed E-state index contributed by atoms with van der Waals surface area (Å²) >= 11 is 0. The van der Waals surface area contributed by atoms with Crippen molar-refractivity contribution >= 4 is 11.7 Å². The van der Waals surface area contributed by atoms with Crippen molar-refractivity contribution in [2.24, 2.45) is 0 Å². The smallest absolute Gasteiger partial charge is 0.254 e. The molecule has 0 aliphatic carbocycles. The minimum atomic E-state index is -0.620. The van der Waals surface area contributed by atoms with E-state index in [0.29, 0.717) is 24.5 Å². The van der Waals surface area contributed by atoms with Crippen molar-refractivity contribution in [3.8, 4) is 6.07 Å². The number of fused-ring (bicyclic) bond motifs is 1. The molecule has 27 heavy (non-hydrogen) atoms. The number of aryl methyl sites for hydroxylation is 1. The third-order valence-corrected chi connectivity index (χ3v) is 4.65. The summed E-state index contributed by atoms with van der Waals surface area (Å²) in [6.45, 7) is 8.63. The van der Waals surface area contributed by atoms with Crippen molar-refractivity contribution in [1.29, 1.82) is 5.26 Å². The van der Waals surface area contributed by atoms with Crippen LogP contribution in [0.2, 0.25) is 0 Å². The fourth-order valence-corrected chi connectivity index (χ4v) is 3.22. The second kappa shape index (κ2) is 7.70. The molecule has 3 heterocycles. The van der Waals surface area contributed by atoms with Crippen molar-refractivity contribution in [2.45, 2.75) is 40.3 Å². The summed E-state index contributed by atoms with van der Waals surface area (Å²) in [6.07, 6.45) is 1.15. The zero-order valence-electron chi connectivity index (χ0n) is 15.8. The molecule has 2 aromatic rings. The zero-order valence-corrected chi connectivity index (χ0v) is 15.8. The summed E-state index contributed by atoms with van der Waals surface area (Å²) in [6, 6.07) is 5.64. The van der Waals surface area contributed by atoms with Crippen molar-refractivity contribution < 1.29 is 9.18 Å². The molecule has 6 nitrogen and oxygen atoms in total. The molecule has 140 valence electrons. The highest BCUT2D eigenvalue weighted by atomic mass is 19.1. The Bertz CT molecular complexity index is 917. The van der Waals surface area contributed by atoms with Gasteiger partial charge in [-0.1, -0.05) is 13.8 Å². The van der Waals surface area contributed by atoms with Crippen LogP contribution >= 0.6 is 0 Å². The van der Waals surface area contributed by atoms with Gasteiger partial charge >= 0.3 is 0 Å². The van der Waals surface area contributed by atoms with Gasteiger partial charge in [0.05, 0.1) is 24.3 Å². The molecule has 0 atom stereocenters. The van der Waals surface area contributed by atoms with E-state index in [0.717, 1.165) is 42.7 Å². The van der Waals surface area contributed by atoms with E-state index in [9.17, 15) is 9.18 Å². The van der Waals surface area contributed by atoms with Crippen LogP contribution in [0, 0.1) is 24.1 Å². The molecule has 0 N–H and O–H groups in total. The molecule has 2 aliphatic rings. The van der Waals surface area contributed by atoms with Crippen LogP contribution in [-0.4, -0.2) is 33.9 Å². The van der Waals surface area contributed by atoms with Crippen molar-refractivity contribution in [1.82, 2.24) is 14.9 Å². The molecule has 2 aliphatic heterocycles. The lowest BCUT2D eigenvalue weighted by molar-refractivity contribution is 0.0750. The van der Waals surface area contributed by atoms with Gasteiger partial charge in [-0.15, -0.1) is 0 Å². The molecule has 1 fully saturated rings. The Hall–Kier alpha value is -3.01. The molecule has 0 saturated carbocycles. The molecule has 0 bridgehead atoms.